The Labute approximate surface area is 169 Å². The van der Waals surface area contributed by atoms with Crippen molar-refractivity contribution in [1.29, 1.82) is 5.26 Å². The third-order valence-electron chi connectivity index (χ3n) is 4.54. The molecule has 0 saturated carbocycles. The van der Waals surface area contributed by atoms with Gasteiger partial charge in [-0.15, -0.1) is 0 Å². The van der Waals surface area contributed by atoms with Gasteiger partial charge in [-0.05, 0) is 30.3 Å². The number of hydrogen-bond acceptors (Lipinski definition) is 7. The summed E-state index contributed by atoms with van der Waals surface area (Å²) < 4.78 is 64.6. The molecule has 0 spiro atoms. The van der Waals surface area contributed by atoms with Gasteiger partial charge in [0.1, 0.15) is 11.9 Å². The minimum atomic E-state index is -4.56. The van der Waals surface area contributed by atoms with E-state index in [4.69, 9.17) is 5.26 Å². The first-order valence-electron chi connectivity index (χ1n) is 8.52. The van der Waals surface area contributed by atoms with Gasteiger partial charge in [-0.2, -0.15) is 22.7 Å². The standard InChI is InChI=1S/C17H14F3N5O4S/c18-17(19,20)12-1-3-13(4-2-12)30(28,29)24-9-7-23(8-10-24)16-6-5-15(25(26)27)14(11-21)22-16/h1-6H,7-10H2. The summed E-state index contributed by atoms with van der Waals surface area (Å²) in [6, 6.07) is 7.46. The predicted octanol–water partition coefficient (Wildman–Crippen LogP) is 2.39. The van der Waals surface area contributed by atoms with E-state index >= 15 is 0 Å². The van der Waals surface area contributed by atoms with Crippen LogP contribution in [0.15, 0.2) is 41.3 Å². The number of halogens is 3. The monoisotopic (exact) mass is 441 g/mol. The first-order valence-corrected chi connectivity index (χ1v) is 9.96. The molecule has 0 bridgehead atoms. The number of aromatic nitrogens is 1. The molecule has 2 heterocycles. The lowest BCUT2D eigenvalue weighted by molar-refractivity contribution is -0.385. The number of hydrogen-bond donors (Lipinski definition) is 0. The maximum Gasteiger partial charge on any atom is 0.416 e. The van der Waals surface area contributed by atoms with E-state index in [1.54, 1.807) is 11.0 Å². The van der Waals surface area contributed by atoms with Gasteiger partial charge < -0.3 is 4.90 Å². The molecule has 0 aliphatic carbocycles. The number of benzene rings is 1. The first kappa shape index (κ1) is 21.5. The minimum absolute atomic E-state index is 0.0317. The fraction of sp³-hybridized carbons (Fsp3) is 0.294. The molecular weight excluding hydrogens is 427 g/mol. The van der Waals surface area contributed by atoms with Gasteiger partial charge in [-0.1, -0.05) is 0 Å². The molecule has 0 unspecified atom stereocenters. The third-order valence-corrected chi connectivity index (χ3v) is 6.46. The van der Waals surface area contributed by atoms with Crippen molar-refractivity contribution in [3.8, 4) is 6.07 Å². The molecule has 9 nitrogen and oxygen atoms in total. The van der Waals surface area contributed by atoms with Gasteiger partial charge in [0.05, 0.1) is 15.4 Å². The largest absolute Gasteiger partial charge is 0.416 e. The van der Waals surface area contributed by atoms with Gasteiger partial charge in [-0.3, -0.25) is 10.1 Å². The van der Waals surface area contributed by atoms with E-state index in [0.717, 1.165) is 22.5 Å². The average molecular weight is 441 g/mol. The summed E-state index contributed by atoms with van der Waals surface area (Å²) in [7, 11) is -3.98. The lowest BCUT2D eigenvalue weighted by atomic mass is 10.2. The lowest BCUT2D eigenvalue weighted by Crippen LogP contribution is -2.49. The topological polar surface area (TPSA) is 120 Å². The van der Waals surface area contributed by atoms with Crippen molar-refractivity contribution in [3.05, 3.63) is 57.8 Å². The Morgan fingerprint density at radius 1 is 1.07 bits per heavy atom. The summed E-state index contributed by atoms with van der Waals surface area (Å²) in [6.45, 7) is 0.443. The lowest BCUT2D eigenvalue weighted by Gasteiger charge is -2.34. The van der Waals surface area contributed by atoms with Gasteiger partial charge in [0, 0.05) is 32.2 Å². The van der Waals surface area contributed by atoms with Crippen molar-refractivity contribution < 1.29 is 26.5 Å². The maximum atomic E-state index is 12.7. The Morgan fingerprint density at radius 3 is 2.17 bits per heavy atom. The van der Waals surface area contributed by atoms with E-state index in [1.165, 1.54) is 6.07 Å². The summed E-state index contributed by atoms with van der Waals surface area (Å²) in [5, 5.41) is 19.9. The fourth-order valence-corrected chi connectivity index (χ4v) is 4.39. The van der Waals surface area contributed by atoms with Crippen LogP contribution in [0.3, 0.4) is 0 Å². The number of anilines is 1. The summed E-state index contributed by atoms with van der Waals surface area (Å²) in [5.41, 5.74) is -1.72. The van der Waals surface area contributed by atoms with Crippen LogP contribution in [0.25, 0.3) is 0 Å². The van der Waals surface area contributed by atoms with Crippen LogP contribution in [-0.2, 0) is 16.2 Å². The van der Waals surface area contributed by atoms with Crippen LogP contribution >= 0.6 is 0 Å². The number of nitrogens with zero attached hydrogens (tertiary/aromatic N) is 5. The zero-order chi connectivity index (χ0) is 22.1. The second-order valence-corrected chi connectivity index (χ2v) is 8.26. The van der Waals surface area contributed by atoms with Crippen LogP contribution in [0, 0.1) is 21.4 Å². The van der Waals surface area contributed by atoms with Crippen LogP contribution in [0.4, 0.5) is 24.7 Å². The quantitative estimate of drug-likeness (QED) is 0.528. The van der Waals surface area contributed by atoms with E-state index in [9.17, 15) is 31.7 Å². The normalized spacial score (nSPS) is 15.6. The van der Waals surface area contributed by atoms with Crippen molar-refractivity contribution in [1.82, 2.24) is 9.29 Å². The molecule has 1 aromatic carbocycles. The maximum absolute atomic E-state index is 12.7. The molecule has 1 aromatic heterocycles. The highest BCUT2D eigenvalue weighted by Gasteiger charge is 2.33. The molecule has 158 valence electrons. The molecule has 3 rings (SSSR count). The number of sulfonamides is 1. The highest BCUT2D eigenvalue weighted by atomic mass is 32.2. The number of alkyl halides is 3. The van der Waals surface area contributed by atoms with Crippen LogP contribution in [0.2, 0.25) is 0 Å². The molecule has 1 fully saturated rings. The van der Waals surface area contributed by atoms with Crippen LogP contribution in [0.5, 0.6) is 0 Å². The Bertz CT molecular complexity index is 1110. The molecule has 30 heavy (non-hydrogen) atoms. The third kappa shape index (κ3) is 4.19. The van der Waals surface area contributed by atoms with Crippen molar-refractivity contribution >= 4 is 21.5 Å². The molecule has 13 heteroatoms. The number of rotatable bonds is 4. The van der Waals surface area contributed by atoms with Crippen LogP contribution in [0.1, 0.15) is 11.3 Å². The molecule has 0 N–H and O–H groups in total. The molecule has 0 atom stereocenters. The summed E-state index contributed by atoms with van der Waals surface area (Å²) >= 11 is 0. The number of pyridine rings is 1. The Balaban J connectivity index is 1.73. The molecule has 0 amide bonds. The van der Waals surface area contributed by atoms with E-state index < -0.39 is 32.4 Å². The van der Waals surface area contributed by atoms with Crippen molar-refractivity contribution in [2.75, 3.05) is 31.1 Å². The molecule has 1 aliphatic rings. The predicted molar refractivity (Wildman–Crippen MR) is 98.0 cm³/mol. The van der Waals surface area contributed by atoms with Gasteiger partial charge in [0.15, 0.2) is 0 Å². The summed E-state index contributed by atoms with van der Waals surface area (Å²) in [6.07, 6.45) is -4.56. The fourth-order valence-electron chi connectivity index (χ4n) is 2.97. The molecular formula is C17H14F3N5O4S. The SMILES string of the molecule is N#Cc1nc(N2CCN(S(=O)(=O)c3ccc(C(F)(F)F)cc3)CC2)ccc1[N+](=O)[O-]. The van der Waals surface area contributed by atoms with Crippen molar-refractivity contribution in [2.24, 2.45) is 0 Å². The zero-order valence-electron chi connectivity index (χ0n) is 15.2. The average Bonchev–Trinajstić information content (AvgIpc) is 2.72. The van der Waals surface area contributed by atoms with E-state index in [2.05, 4.69) is 4.98 Å². The number of nitro groups is 1. The van der Waals surface area contributed by atoms with Crippen molar-refractivity contribution in [2.45, 2.75) is 11.1 Å². The second kappa shape index (κ2) is 7.88. The van der Waals surface area contributed by atoms with E-state index in [0.29, 0.717) is 18.0 Å². The van der Waals surface area contributed by atoms with E-state index in [-0.39, 0.29) is 36.8 Å². The number of piperazine rings is 1. The van der Waals surface area contributed by atoms with E-state index in [1.807, 2.05) is 0 Å². The molecule has 0 radical (unpaired) electrons. The summed E-state index contributed by atoms with van der Waals surface area (Å²) in [5.74, 6) is 0.295. The highest BCUT2D eigenvalue weighted by molar-refractivity contribution is 7.89. The van der Waals surface area contributed by atoms with Crippen LogP contribution in [-0.4, -0.2) is 48.8 Å². The van der Waals surface area contributed by atoms with Gasteiger partial charge in [-0.25, -0.2) is 13.4 Å². The Kier molecular flexibility index (Phi) is 5.64. The van der Waals surface area contributed by atoms with Crippen LogP contribution < -0.4 is 4.90 Å². The van der Waals surface area contributed by atoms with Gasteiger partial charge in [0.2, 0.25) is 15.7 Å². The molecule has 2 aromatic rings. The molecule has 1 aliphatic heterocycles. The Hall–Kier alpha value is -3.24. The zero-order valence-corrected chi connectivity index (χ0v) is 16.0. The summed E-state index contributed by atoms with van der Waals surface area (Å²) in [4.78, 5) is 15.6. The van der Waals surface area contributed by atoms with Gasteiger partial charge >= 0.3 is 11.9 Å². The second-order valence-electron chi connectivity index (χ2n) is 6.32. The van der Waals surface area contributed by atoms with Crippen molar-refractivity contribution in [3.63, 3.8) is 0 Å². The molecule has 1 saturated heterocycles. The number of nitriles is 1. The van der Waals surface area contributed by atoms with Gasteiger partial charge in [0.25, 0.3) is 0 Å². The minimum Gasteiger partial charge on any atom is -0.354 e. The Morgan fingerprint density at radius 2 is 1.67 bits per heavy atom. The smallest absolute Gasteiger partial charge is 0.354 e. The highest BCUT2D eigenvalue weighted by Crippen LogP contribution is 2.30. The first-order chi connectivity index (χ1) is 14.0.